The van der Waals surface area contributed by atoms with Gasteiger partial charge in [0, 0.05) is 37.3 Å². The fraction of sp³-hybridized carbons (Fsp3) is 0.229. The van der Waals surface area contributed by atoms with Crippen molar-refractivity contribution >= 4 is 23.1 Å². The number of fused-ring (bicyclic) bond motifs is 1. The summed E-state index contributed by atoms with van der Waals surface area (Å²) in [4.78, 5) is 34.6. The molecule has 5 aromatic rings. The number of carbonyl (C=O) groups excluding carboxylic acids is 1. The highest BCUT2D eigenvalue weighted by atomic mass is 19.1. The number of benzene rings is 3. The molecular formula is C35H28F3N5O6. The van der Waals surface area contributed by atoms with Gasteiger partial charge in [-0.25, -0.2) is 32.7 Å². The van der Waals surface area contributed by atoms with Gasteiger partial charge in [0.05, 0.1) is 59.7 Å². The number of hydrogen-bond acceptors (Lipinski definition) is 8. The lowest BCUT2D eigenvalue weighted by molar-refractivity contribution is 0.0696. The molecule has 6 rings (SSSR count). The minimum absolute atomic E-state index is 0.000635. The Labute approximate surface area is 277 Å². The Morgan fingerprint density at radius 1 is 0.959 bits per heavy atom. The van der Waals surface area contributed by atoms with E-state index in [0.29, 0.717) is 16.9 Å². The van der Waals surface area contributed by atoms with E-state index >= 15 is 8.78 Å². The van der Waals surface area contributed by atoms with E-state index in [1.807, 2.05) is 6.07 Å². The predicted molar refractivity (Wildman–Crippen MR) is 168 cm³/mol. The molecule has 0 unspecified atom stereocenters. The molecule has 3 aromatic carbocycles. The summed E-state index contributed by atoms with van der Waals surface area (Å²) in [5.41, 5.74) is 1.10. The molecule has 2 aromatic heterocycles. The Balaban J connectivity index is 1.31. The number of likely N-dealkylation sites (tertiary alicyclic amines) is 1. The summed E-state index contributed by atoms with van der Waals surface area (Å²) in [5, 5.41) is 18.6. The summed E-state index contributed by atoms with van der Waals surface area (Å²) in [6.45, 7) is 0.112. The maximum atomic E-state index is 15.8. The number of hydrogen-bond donors (Lipinski definition) is 1. The van der Waals surface area contributed by atoms with Crippen molar-refractivity contribution in [1.82, 2.24) is 19.4 Å². The molecule has 250 valence electrons. The lowest BCUT2D eigenvalue weighted by Crippen LogP contribution is -2.29. The quantitative estimate of drug-likeness (QED) is 0.203. The molecule has 1 N–H and O–H groups in total. The van der Waals surface area contributed by atoms with Gasteiger partial charge in [-0.3, -0.25) is 0 Å². The van der Waals surface area contributed by atoms with Crippen LogP contribution in [0.5, 0.6) is 5.88 Å². The highest BCUT2D eigenvalue weighted by Crippen LogP contribution is 2.33. The van der Waals surface area contributed by atoms with Crippen LogP contribution in [0.2, 0.25) is 0 Å². The molecule has 2 atom stereocenters. The molecule has 1 fully saturated rings. The maximum Gasteiger partial charge on any atom is 0.409 e. The van der Waals surface area contributed by atoms with Crippen LogP contribution in [-0.2, 0) is 22.5 Å². The van der Waals surface area contributed by atoms with Gasteiger partial charge in [-0.2, -0.15) is 5.26 Å². The molecule has 0 radical (unpaired) electrons. The average Bonchev–Trinajstić information content (AvgIpc) is 3.69. The minimum atomic E-state index is -1.16. The molecule has 1 saturated heterocycles. The number of pyridine rings is 1. The normalized spacial score (nSPS) is 15.7. The van der Waals surface area contributed by atoms with Gasteiger partial charge in [-0.05, 0) is 54.1 Å². The summed E-state index contributed by atoms with van der Waals surface area (Å²) < 4.78 is 63.6. The van der Waals surface area contributed by atoms with Gasteiger partial charge < -0.3 is 28.8 Å². The SMILES string of the molecule is COC(=O)N1C[C@H](OC)[C@H](n2c(Cc3cc(F)c(-c4cccc(OCc5ccc(C#N)cc5F)n4)cc3F)nc3ccc(C(=O)O)cc32)C1. The van der Waals surface area contributed by atoms with Crippen molar-refractivity contribution in [2.75, 3.05) is 27.3 Å². The van der Waals surface area contributed by atoms with Crippen molar-refractivity contribution in [1.29, 1.82) is 5.26 Å². The highest BCUT2D eigenvalue weighted by molar-refractivity contribution is 5.92. The van der Waals surface area contributed by atoms with Gasteiger partial charge in [0.15, 0.2) is 0 Å². The Bertz CT molecular complexity index is 2130. The smallest absolute Gasteiger partial charge is 0.409 e. The number of methoxy groups -OCH3 is 2. The first-order chi connectivity index (χ1) is 23.6. The second-order valence-electron chi connectivity index (χ2n) is 11.3. The van der Waals surface area contributed by atoms with Crippen molar-refractivity contribution in [3.63, 3.8) is 0 Å². The van der Waals surface area contributed by atoms with E-state index < -0.39 is 41.7 Å². The zero-order chi connectivity index (χ0) is 34.8. The van der Waals surface area contributed by atoms with Crippen LogP contribution in [0.4, 0.5) is 18.0 Å². The van der Waals surface area contributed by atoms with Crippen LogP contribution in [0, 0.1) is 28.8 Å². The van der Waals surface area contributed by atoms with E-state index in [1.165, 1.54) is 67.7 Å². The van der Waals surface area contributed by atoms with Crippen molar-refractivity contribution in [3.05, 3.63) is 112 Å². The number of carbonyl (C=O) groups is 2. The molecule has 0 aliphatic carbocycles. The number of ether oxygens (including phenoxy) is 3. The number of nitrogens with zero attached hydrogens (tertiary/aromatic N) is 5. The summed E-state index contributed by atoms with van der Waals surface area (Å²) >= 11 is 0. The van der Waals surface area contributed by atoms with Gasteiger partial charge in [-0.1, -0.05) is 12.1 Å². The summed E-state index contributed by atoms with van der Waals surface area (Å²) in [6.07, 6.45) is -1.30. The Hall–Kier alpha value is -5.94. The van der Waals surface area contributed by atoms with Gasteiger partial charge in [0.2, 0.25) is 5.88 Å². The van der Waals surface area contributed by atoms with Crippen molar-refractivity contribution < 1.29 is 42.1 Å². The molecule has 11 nitrogen and oxygen atoms in total. The largest absolute Gasteiger partial charge is 0.478 e. The van der Waals surface area contributed by atoms with Crippen molar-refractivity contribution in [2.24, 2.45) is 0 Å². The Morgan fingerprint density at radius 3 is 2.47 bits per heavy atom. The van der Waals surface area contributed by atoms with E-state index in [9.17, 15) is 19.1 Å². The van der Waals surface area contributed by atoms with Gasteiger partial charge >= 0.3 is 12.1 Å². The zero-order valence-electron chi connectivity index (χ0n) is 26.2. The van der Waals surface area contributed by atoms with Crippen LogP contribution in [-0.4, -0.2) is 70.0 Å². The summed E-state index contributed by atoms with van der Waals surface area (Å²) in [7, 11) is 2.74. The molecular weight excluding hydrogens is 643 g/mol. The standard InChI is InChI=1S/C35H28F3N5O6/c1-47-31-17-42(35(46)48-2)16-30(31)43-29-12-20(34(44)45)8-9-28(29)40-32(43)13-22-11-26(38)23(14-25(22)37)27-4-3-5-33(41-27)49-18-21-7-6-19(15-39)10-24(21)36/h3-12,14,30-31H,13,16-18H2,1-2H3,(H,44,45)/t30-,31+/m1/s1. The molecule has 1 amide bonds. The van der Waals surface area contributed by atoms with Crippen LogP contribution in [0.15, 0.2) is 66.7 Å². The van der Waals surface area contributed by atoms with Crippen LogP contribution < -0.4 is 4.74 Å². The second-order valence-corrected chi connectivity index (χ2v) is 11.3. The third-order valence-electron chi connectivity index (χ3n) is 8.36. The molecule has 3 heterocycles. The second kappa shape index (κ2) is 13.7. The third-order valence-corrected chi connectivity index (χ3v) is 8.36. The Morgan fingerprint density at radius 2 is 1.76 bits per heavy atom. The molecule has 1 aliphatic heterocycles. The van der Waals surface area contributed by atoms with E-state index in [0.717, 1.165) is 18.2 Å². The Kier molecular flexibility index (Phi) is 9.19. The third kappa shape index (κ3) is 6.61. The monoisotopic (exact) mass is 671 g/mol. The van der Waals surface area contributed by atoms with Gasteiger partial charge in [0.1, 0.15) is 29.9 Å². The lowest BCUT2D eigenvalue weighted by Gasteiger charge is -2.22. The van der Waals surface area contributed by atoms with Crippen LogP contribution in [0.3, 0.4) is 0 Å². The number of aromatic carboxylic acids is 1. The van der Waals surface area contributed by atoms with E-state index in [-0.39, 0.29) is 65.5 Å². The number of carboxylic acids is 1. The van der Waals surface area contributed by atoms with Crippen LogP contribution in [0.25, 0.3) is 22.3 Å². The summed E-state index contributed by atoms with van der Waals surface area (Å²) in [5.74, 6) is -2.96. The lowest BCUT2D eigenvalue weighted by atomic mass is 10.0. The first-order valence-electron chi connectivity index (χ1n) is 15.0. The molecule has 0 spiro atoms. The number of rotatable bonds is 9. The first-order valence-corrected chi connectivity index (χ1v) is 15.0. The number of aromatic nitrogens is 3. The summed E-state index contributed by atoms with van der Waals surface area (Å²) in [6, 6.07) is 16.2. The van der Waals surface area contributed by atoms with E-state index in [4.69, 9.17) is 19.5 Å². The first kappa shape index (κ1) is 33.0. The van der Waals surface area contributed by atoms with Gasteiger partial charge in [0.25, 0.3) is 0 Å². The predicted octanol–water partition coefficient (Wildman–Crippen LogP) is 5.89. The van der Waals surface area contributed by atoms with E-state index in [1.54, 1.807) is 4.57 Å². The number of imidazole rings is 1. The molecule has 0 bridgehead atoms. The molecule has 0 saturated carbocycles. The van der Waals surface area contributed by atoms with Crippen LogP contribution in [0.1, 0.15) is 38.9 Å². The molecule has 49 heavy (non-hydrogen) atoms. The van der Waals surface area contributed by atoms with Gasteiger partial charge in [-0.15, -0.1) is 0 Å². The molecule has 1 aliphatic rings. The topological polar surface area (TPSA) is 140 Å². The number of amides is 1. The zero-order valence-corrected chi connectivity index (χ0v) is 26.2. The number of halogens is 3. The molecule has 14 heteroatoms. The fourth-order valence-electron chi connectivity index (χ4n) is 5.91. The number of nitriles is 1. The minimum Gasteiger partial charge on any atom is -0.478 e. The van der Waals surface area contributed by atoms with Crippen molar-refractivity contribution in [2.45, 2.75) is 25.2 Å². The van der Waals surface area contributed by atoms with Crippen LogP contribution >= 0.6 is 0 Å². The highest BCUT2D eigenvalue weighted by Gasteiger charge is 2.39. The average molecular weight is 672 g/mol. The number of carboxylic acid groups (broad SMARTS) is 1. The fourth-order valence-corrected chi connectivity index (χ4v) is 5.91. The maximum absolute atomic E-state index is 15.8. The van der Waals surface area contributed by atoms with E-state index in [2.05, 4.69) is 9.97 Å². The van der Waals surface area contributed by atoms with Crippen molar-refractivity contribution in [3.8, 4) is 23.2 Å².